The van der Waals surface area contributed by atoms with Gasteiger partial charge in [-0.2, -0.15) is 20.1 Å². The molecule has 0 spiro atoms. The average molecular weight is 847 g/mol. The molecule has 0 aliphatic carbocycles. The summed E-state index contributed by atoms with van der Waals surface area (Å²) in [6.07, 6.45) is 1.36. The number of fused-ring (bicyclic) bond motifs is 1. The molecule has 0 aliphatic rings. The van der Waals surface area contributed by atoms with Crippen molar-refractivity contribution in [2.24, 2.45) is 10.2 Å². The Kier molecular flexibility index (Phi) is 11.6. The first-order valence-electron chi connectivity index (χ1n) is 17.6. The maximum Gasteiger partial charge on any atom is 0.335 e. The SMILES string of the molecule is [C-]#[N+]c1cnn(-c2ccc(C(=O)O)cc2)c1N=Nc1c(-c2ccccc2)n(-c2ccc(Nc3nc(NCCS(=O)(=O)[O-])nc(NCCS(=O)(=O)[O-])n3)cc2)c2ccccc12. The van der Waals surface area contributed by atoms with Crippen LogP contribution < -0.4 is 16.0 Å². The van der Waals surface area contributed by atoms with Gasteiger partial charge in [0.25, 0.3) is 5.69 Å². The molecule has 7 rings (SSSR count). The van der Waals surface area contributed by atoms with Crippen molar-refractivity contribution in [2.75, 3.05) is 40.5 Å². The number of aromatic carboxylic acids is 1. The first-order chi connectivity index (χ1) is 28.8. The van der Waals surface area contributed by atoms with Gasteiger partial charge in [-0.05, 0) is 54.6 Å². The number of hydrogen-bond donors (Lipinski definition) is 4. The zero-order chi connectivity index (χ0) is 42.4. The third kappa shape index (κ3) is 9.57. The monoisotopic (exact) mass is 846 g/mol. The number of carboxylic acid groups (broad SMARTS) is 1. The Bertz CT molecular complexity index is 2950. The Hall–Kier alpha value is -7.58. The lowest BCUT2D eigenvalue weighted by Gasteiger charge is -2.14. The molecule has 4 aromatic carbocycles. The summed E-state index contributed by atoms with van der Waals surface area (Å²) in [6, 6.07) is 30.2. The minimum absolute atomic E-state index is 0.0346. The van der Waals surface area contributed by atoms with Gasteiger partial charge < -0.3 is 34.7 Å². The van der Waals surface area contributed by atoms with E-state index in [1.807, 2.05) is 71.3 Å². The predicted octanol–water partition coefficient (Wildman–Crippen LogP) is 5.99. The van der Waals surface area contributed by atoms with Crippen LogP contribution in [-0.4, -0.2) is 90.9 Å². The Morgan fingerprint density at radius 3 is 1.93 bits per heavy atom. The topological polar surface area (TPSA) is 278 Å². The van der Waals surface area contributed by atoms with Crippen molar-refractivity contribution in [2.45, 2.75) is 0 Å². The molecular formula is C38H30N12O8S2-2. The second-order valence-corrected chi connectivity index (χ2v) is 15.7. The van der Waals surface area contributed by atoms with Crippen LogP contribution in [0.25, 0.3) is 38.4 Å². The number of rotatable bonds is 16. The first-order valence-corrected chi connectivity index (χ1v) is 20.8. The van der Waals surface area contributed by atoms with Gasteiger partial charge in [0.05, 0.1) is 67.0 Å². The van der Waals surface area contributed by atoms with Gasteiger partial charge in [0.1, 0.15) is 5.69 Å². The van der Waals surface area contributed by atoms with Crippen molar-refractivity contribution < 1.29 is 35.8 Å². The molecule has 0 saturated heterocycles. The molecule has 0 fully saturated rings. The molecule has 20 nitrogen and oxygen atoms in total. The molecule has 3 heterocycles. The van der Waals surface area contributed by atoms with Gasteiger partial charge in [0, 0.05) is 35.4 Å². The van der Waals surface area contributed by atoms with Gasteiger partial charge in [-0.1, -0.05) is 48.5 Å². The standard InChI is InChI=1S/C38H32N12O8S2/c1-39-30-23-42-50(28-15-11-25(12-16-28)35(51)52)34(30)48-47-32-29-9-5-6-10-31(29)49(33(32)24-7-3-2-4-8-24)27-17-13-26(14-18-27)43-38-45-36(40-19-21-59(53,54)55)44-37(46-38)41-20-22-60(56,57)58/h2-18,23H,19-22H2,(H,51,52)(H,53,54,55)(H,56,57,58)(H3,40,41,43,44,45,46)/p-2. The maximum atomic E-state index is 11.4. The molecule has 0 radical (unpaired) electrons. The van der Waals surface area contributed by atoms with Gasteiger partial charge in [0.15, 0.2) is 5.82 Å². The second kappa shape index (κ2) is 17.1. The summed E-state index contributed by atoms with van der Waals surface area (Å²) in [7, 11) is -9.09. The van der Waals surface area contributed by atoms with Crippen molar-refractivity contribution in [1.29, 1.82) is 0 Å². The molecule has 0 unspecified atom stereocenters. The van der Waals surface area contributed by atoms with Gasteiger partial charge in [-0.3, -0.25) is 0 Å². The van der Waals surface area contributed by atoms with E-state index in [1.165, 1.54) is 23.0 Å². The lowest BCUT2D eigenvalue weighted by atomic mass is 10.1. The van der Waals surface area contributed by atoms with Gasteiger partial charge in [-0.15, -0.1) is 10.2 Å². The fourth-order valence-electron chi connectivity index (χ4n) is 5.98. The molecule has 304 valence electrons. The smallest absolute Gasteiger partial charge is 0.335 e. The Morgan fingerprint density at radius 1 is 0.750 bits per heavy atom. The number of hydrogen-bond acceptors (Lipinski definition) is 16. The number of benzene rings is 4. The molecule has 0 bridgehead atoms. The summed E-state index contributed by atoms with van der Waals surface area (Å²) in [5, 5.41) is 32.1. The van der Waals surface area contributed by atoms with Crippen LogP contribution in [0.4, 0.5) is 40.7 Å². The van der Waals surface area contributed by atoms with Crippen molar-refractivity contribution >= 4 is 77.8 Å². The summed E-state index contributed by atoms with van der Waals surface area (Å²) in [5.41, 5.74) is 4.64. The third-order valence-corrected chi connectivity index (χ3v) is 10.0. The van der Waals surface area contributed by atoms with Crippen LogP contribution in [0.2, 0.25) is 0 Å². The molecular weight excluding hydrogens is 817 g/mol. The molecule has 3 aromatic heterocycles. The maximum absolute atomic E-state index is 11.4. The molecule has 0 amide bonds. The van der Waals surface area contributed by atoms with Crippen molar-refractivity contribution in [3.8, 4) is 22.6 Å². The fourth-order valence-corrected chi connectivity index (χ4v) is 6.68. The minimum atomic E-state index is -4.55. The van der Waals surface area contributed by atoms with Gasteiger partial charge in [0.2, 0.25) is 17.8 Å². The van der Waals surface area contributed by atoms with E-state index >= 15 is 0 Å². The molecule has 0 aliphatic heterocycles. The van der Waals surface area contributed by atoms with Crippen LogP contribution in [0, 0.1) is 6.57 Å². The van der Waals surface area contributed by atoms with E-state index in [-0.39, 0.29) is 48.0 Å². The number of nitrogens with zero attached hydrogens (tertiary/aromatic N) is 9. The normalized spacial score (nSPS) is 11.8. The van der Waals surface area contributed by atoms with Gasteiger partial charge >= 0.3 is 5.97 Å². The number of aromatic nitrogens is 6. The summed E-state index contributed by atoms with van der Waals surface area (Å²) in [5.74, 6) is -2.74. The number of para-hydroxylation sites is 1. The molecule has 7 aromatic rings. The number of carboxylic acids is 1. The van der Waals surface area contributed by atoms with E-state index in [0.717, 1.165) is 16.5 Å². The number of carbonyl (C=O) groups is 1. The Balaban J connectivity index is 1.26. The first kappa shape index (κ1) is 40.6. The molecule has 0 saturated carbocycles. The molecule has 22 heteroatoms. The zero-order valence-electron chi connectivity index (χ0n) is 30.9. The van der Waals surface area contributed by atoms with Crippen LogP contribution in [0.1, 0.15) is 10.4 Å². The molecule has 60 heavy (non-hydrogen) atoms. The lowest BCUT2D eigenvalue weighted by molar-refractivity contribution is 0.0696. The lowest BCUT2D eigenvalue weighted by Crippen LogP contribution is -2.19. The number of anilines is 4. The van der Waals surface area contributed by atoms with Crippen molar-refractivity contribution in [3.63, 3.8) is 0 Å². The Labute approximate surface area is 341 Å². The van der Waals surface area contributed by atoms with Crippen LogP contribution in [-0.2, 0) is 20.2 Å². The zero-order valence-corrected chi connectivity index (χ0v) is 32.5. The number of azo groups is 1. The largest absolute Gasteiger partial charge is 0.748 e. The van der Waals surface area contributed by atoms with E-state index < -0.39 is 37.7 Å². The van der Waals surface area contributed by atoms with E-state index in [1.54, 1.807) is 24.3 Å². The highest BCUT2D eigenvalue weighted by Gasteiger charge is 2.21. The average Bonchev–Trinajstić information content (AvgIpc) is 3.78. The van der Waals surface area contributed by atoms with E-state index in [4.69, 9.17) is 11.7 Å². The van der Waals surface area contributed by atoms with Crippen LogP contribution in [0.5, 0.6) is 0 Å². The number of nitrogens with one attached hydrogen (secondary N) is 3. The second-order valence-electron chi connectivity index (χ2n) is 12.7. The van der Waals surface area contributed by atoms with Crippen molar-refractivity contribution in [1.82, 2.24) is 29.3 Å². The van der Waals surface area contributed by atoms with Crippen molar-refractivity contribution in [3.05, 3.63) is 126 Å². The third-order valence-electron chi connectivity index (χ3n) is 8.63. The molecule has 0 atom stereocenters. The highest BCUT2D eigenvalue weighted by atomic mass is 32.2. The summed E-state index contributed by atoms with van der Waals surface area (Å²) in [4.78, 5) is 27.6. The quantitative estimate of drug-likeness (QED) is 0.0494. The highest BCUT2D eigenvalue weighted by molar-refractivity contribution is 7.85. The summed E-state index contributed by atoms with van der Waals surface area (Å²) in [6.45, 7) is 7.13. The minimum Gasteiger partial charge on any atom is -0.748 e. The van der Waals surface area contributed by atoms with Crippen LogP contribution in [0.15, 0.2) is 120 Å². The summed E-state index contributed by atoms with van der Waals surface area (Å²) < 4.78 is 70.2. The van der Waals surface area contributed by atoms with E-state index in [9.17, 15) is 35.8 Å². The van der Waals surface area contributed by atoms with Crippen LogP contribution in [0.3, 0.4) is 0 Å². The van der Waals surface area contributed by atoms with E-state index in [2.05, 4.69) is 46.0 Å². The Morgan fingerprint density at radius 2 is 1.33 bits per heavy atom. The van der Waals surface area contributed by atoms with Crippen LogP contribution >= 0.6 is 0 Å². The summed E-state index contributed by atoms with van der Waals surface area (Å²) >= 11 is 0. The molecule has 4 N–H and O–H groups in total. The highest BCUT2D eigenvalue weighted by Crippen LogP contribution is 2.44. The van der Waals surface area contributed by atoms with E-state index in [0.29, 0.717) is 28.4 Å². The van der Waals surface area contributed by atoms with Gasteiger partial charge in [-0.25, -0.2) is 31.2 Å². The predicted molar refractivity (Wildman–Crippen MR) is 219 cm³/mol. The fraction of sp³-hybridized carbons (Fsp3) is 0.105.